The zero-order valence-corrected chi connectivity index (χ0v) is 17.6. The molecule has 0 spiro atoms. The first-order valence-electron chi connectivity index (χ1n) is 9.44. The molecule has 4 nitrogen and oxygen atoms in total. The molecule has 28 heavy (non-hydrogen) atoms. The molecule has 0 radical (unpaired) electrons. The molecule has 5 heteroatoms. The standard InChI is InChI=1S/C23H26N2O2S/c1-16(2)25(23(26)20-11-7-5-9-17(20)3)13-19-15-28-22(24-19)14-27-21-12-8-6-10-18(21)4/h5-12,15-16H,13-14H2,1-4H3. The van der Waals surface area contributed by atoms with Gasteiger partial charge in [0.2, 0.25) is 0 Å². The van der Waals surface area contributed by atoms with Crippen molar-refractivity contribution >= 4 is 17.2 Å². The molecule has 2 aromatic carbocycles. The van der Waals surface area contributed by atoms with E-state index in [1.165, 1.54) is 0 Å². The number of amides is 1. The van der Waals surface area contributed by atoms with Crippen LogP contribution >= 0.6 is 11.3 Å². The highest BCUT2D eigenvalue weighted by Crippen LogP contribution is 2.21. The quantitative estimate of drug-likeness (QED) is 0.539. The Morgan fingerprint density at radius 2 is 1.75 bits per heavy atom. The number of aryl methyl sites for hydroxylation is 2. The van der Waals surface area contributed by atoms with E-state index in [2.05, 4.69) is 4.98 Å². The lowest BCUT2D eigenvalue weighted by Gasteiger charge is -2.26. The highest BCUT2D eigenvalue weighted by atomic mass is 32.1. The molecule has 0 fully saturated rings. The van der Waals surface area contributed by atoms with Crippen LogP contribution in [0.5, 0.6) is 5.75 Å². The van der Waals surface area contributed by atoms with Crippen molar-refractivity contribution in [2.75, 3.05) is 0 Å². The number of carbonyl (C=O) groups is 1. The third kappa shape index (κ3) is 4.78. The van der Waals surface area contributed by atoms with Crippen molar-refractivity contribution in [2.24, 2.45) is 0 Å². The highest BCUT2D eigenvalue weighted by molar-refractivity contribution is 7.09. The summed E-state index contributed by atoms with van der Waals surface area (Å²) in [4.78, 5) is 19.6. The molecule has 1 aromatic heterocycles. The third-order valence-electron chi connectivity index (χ3n) is 4.64. The number of aromatic nitrogens is 1. The SMILES string of the molecule is Cc1ccccc1OCc1nc(CN(C(=O)c2ccccc2C)C(C)C)cs1. The molecule has 3 aromatic rings. The summed E-state index contributed by atoms with van der Waals surface area (Å²) in [7, 11) is 0. The fraction of sp³-hybridized carbons (Fsp3) is 0.304. The number of rotatable bonds is 7. The average Bonchev–Trinajstić information content (AvgIpc) is 3.13. The van der Waals surface area contributed by atoms with Crippen LogP contribution in [0.4, 0.5) is 0 Å². The monoisotopic (exact) mass is 394 g/mol. The van der Waals surface area contributed by atoms with Crippen molar-refractivity contribution in [3.63, 3.8) is 0 Å². The molecule has 0 saturated carbocycles. The Balaban J connectivity index is 1.69. The van der Waals surface area contributed by atoms with E-state index in [9.17, 15) is 4.79 Å². The van der Waals surface area contributed by atoms with Gasteiger partial charge in [-0.1, -0.05) is 36.4 Å². The van der Waals surface area contributed by atoms with Gasteiger partial charge in [0.1, 0.15) is 17.4 Å². The van der Waals surface area contributed by atoms with Crippen LogP contribution < -0.4 is 4.74 Å². The maximum Gasteiger partial charge on any atom is 0.254 e. The lowest BCUT2D eigenvalue weighted by Crippen LogP contribution is -2.36. The maximum atomic E-state index is 13.0. The fourth-order valence-corrected chi connectivity index (χ4v) is 3.67. The summed E-state index contributed by atoms with van der Waals surface area (Å²) in [5.41, 5.74) is 3.73. The molecule has 0 N–H and O–H groups in total. The van der Waals surface area contributed by atoms with Crippen molar-refractivity contribution in [3.05, 3.63) is 81.3 Å². The Morgan fingerprint density at radius 3 is 2.43 bits per heavy atom. The lowest BCUT2D eigenvalue weighted by atomic mass is 10.1. The largest absolute Gasteiger partial charge is 0.486 e. The Labute approximate surface area is 170 Å². The molecule has 1 amide bonds. The van der Waals surface area contributed by atoms with Crippen LogP contribution in [0, 0.1) is 13.8 Å². The van der Waals surface area contributed by atoms with Crippen molar-refractivity contribution in [1.82, 2.24) is 9.88 Å². The van der Waals surface area contributed by atoms with Gasteiger partial charge in [-0.25, -0.2) is 4.98 Å². The first kappa shape index (κ1) is 20.1. The zero-order valence-electron chi connectivity index (χ0n) is 16.8. The third-order valence-corrected chi connectivity index (χ3v) is 5.51. The Bertz CT molecular complexity index is 949. The molecule has 0 saturated heterocycles. The molecule has 0 aliphatic heterocycles. The first-order valence-corrected chi connectivity index (χ1v) is 10.3. The molecule has 0 aliphatic rings. The summed E-state index contributed by atoms with van der Waals surface area (Å²) < 4.78 is 5.89. The van der Waals surface area contributed by atoms with Crippen LogP contribution in [0.15, 0.2) is 53.9 Å². The normalized spacial score (nSPS) is 10.9. The Morgan fingerprint density at radius 1 is 1.07 bits per heavy atom. The summed E-state index contributed by atoms with van der Waals surface area (Å²) >= 11 is 1.56. The second kappa shape index (κ2) is 9.02. The molecule has 0 unspecified atom stereocenters. The number of para-hydroxylation sites is 1. The summed E-state index contributed by atoms with van der Waals surface area (Å²) in [6.45, 7) is 8.99. The van der Waals surface area contributed by atoms with Crippen molar-refractivity contribution in [2.45, 2.75) is 46.9 Å². The number of ether oxygens (including phenoxy) is 1. The van der Waals surface area contributed by atoms with E-state index >= 15 is 0 Å². The molecular formula is C23H26N2O2S. The maximum absolute atomic E-state index is 13.0. The molecule has 0 bridgehead atoms. The van der Waals surface area contributed by atoms with Crippen molar-refractivity contribution in [3.8, 4) is 5.75 Å². The predicted molar refractivity (Wildman–Crippen MR) is 114 cm³/mol. The number of thiazole rings is 1. The van der Waals surface area contributed by atoms with Gasteiger partial charge >= 0.3 is 0 Å². The first-order chi connectivity index (χ1) is 13.5. The van der Waals surface area contributed by atoms with E-state index in [-0.39, 0.29) is 11.9 Å². The lowest BCUT2D eigenvalue weighted by molar-refractivity contribution is 0.0687. The second-order valence-electron chi connectivity index (χ2n) is 7.13. The molecule has 0 aliphatic carbocycles. The van der Waals surface area contributed by atoms with E-state index < -0.39 is 0 Å². The van der Waals surface area contributed by atoms with E-state index in [4.69, 9.17) is 4.74 Å². The van der Waals surface area contributed by atoms with Gasteiger partial charge in [-0.15, -0.1) is 11.3 Å². The van der Waals surface area contributed by atoms with E-state index in [0.29, 0.717) is 13.2 Å². The van der Waals surface area contributed by atoms with Gasteiger partial charge in [-0.3, -0.25) is 4.79 Å². The van der Waals surface area contributed by atoms with Crippen molar-refractivity contribution in [1.29, 1.82) is 0 Å². The van der Waals surface area contributed by atoms with Gasteiger partial charge in [0, 0.05) is 17.0 Å². The van der Waals surface area contributed by atoms with Gasteiger partial charge in [-0.05, 0) is 51.0 Å². The van der Waals surface area contributed by atoms with Gasteiger partial charge < -0.3 is 9.64 Å². The minimum atomic E-state index is 0.0406. The number of carbonyl (C=O) groups excluding carboxylic acids is 1. The van der Waals surface area contributed by atoms with E-state index in [1.807, 2.05) is 86.5 Å². The number of benzene rings is 2. The van der Waals surface area contributed by atoms with E-state index in [1.54, 1.807) is 11.3 Å². The van der Waals surface area contributed by atoms with Gasteiger partial charge in [0.25, 0.3) is 5.91 Å². The number of hydrogen-bond donors (Lipinski definition) is 0. The second-order valence-corrected chi connectivity index (χ2v) is 8.07. The smallest absolute Gasteiger partial charge is 0.254 e. The molecule has 3 rings (SSSR count). The summed E-state index contributed by atoms with van der Waals surface area (Å²) in [5, 5.41) is 2.92. The molecule has 1 heterocycles. The predicted octanol–water partition coefficient (Wildman–Crippen LogP) is 5.39. The summed E-state index contributed by atoms with van der Waals surface area (Å²) in [6, 6.07) is 15.7. The highest BCUT2D eigenvalue weighted by Gasteiger charge is 2.21. The van der Waals surface area contributed by atoms with Crippen LogP contribution in [-0.2, 0) is 13.2 Å². The van der Waals surface area contributed by atoms with Crippen LogP contribution in [0.25, 0.3) is 0 Å². The molecular weight excluding hydrogens is 368 g/mol. The van der Waals surface area contributed by atoms with Gasteiger partial charge in [0.15, 0.2) is 0 Å². The minimum absolute atomic E-state index is 0.0406. The number of hydrogen-bond acceptors (Lipinski definition) is 4. The Kier molecular flexibility index (Phi) is 6.47. The molecule has 0 atom stereocenters. The summed E-state index contributed by atoms with van der Waals surface area (Å²) in [6.07, 6.45) is 0. The van der Waals surface area contributed by atoms with Crippen LogP contribution in [0.3, 0.4) is 0 Å². The molecule has 146 valence electrons. The van der Waals surface area contributed by atoms with Gasteiger partial charge in [0.05, 0.1) is 12.2 Å². The zero-order chi connectivity index (χ0) is 20.1. The van der Waals surface area contributed by atoms with Crippen LogP contribution in [-0.4, -0.2) is 21.8 Å². The Hall–Kier alpha value is -2.66. The minimum Gasteiger partial charge on any atom is -0.486 e. The topological polar surface area (TPSA) is 42.4 Å². The summed E-state index contributed by atoms with van der Waals surface area (Å²) in [5.74, 6) is 0.914. The average molecular weight is 395 g/mol. The fourth-order valence-electron chi connectivity index (χ4n) is 2.98. The van der Waals surface area contributed by atoms with Crippen molar-refractivity contribution < 1.29 is 9.53 Å². The number of nitrogens with zero attached hydrogens (tertiary/aromatic N) is 2. The van der Waals surface area contributed by atoms with E-state index in [0.717, 1.165) is 33.1 Å². The van der Waals surface area contributed by atoms with Gasteiger partial charge in [-0.2, -0.15) is 0 Å². The van der Waals surface area contributed by atoms with Crippen LogP contribution in [0.2, 0.25) is 0 Å². The van der Waals surface area contributed by atoms with Crippen LogP contribution in [0.1, 0.15) is 46.0 Å².